The number of benzene rings is 1. The van der Waals surface area contributed by atoms with Crippen LogP contribution in [0, 0.1) is 0 Å². The van der Waals surface area contributed by atoms with Crippen molar-refractivity contribution in [2.24, 2.45) is 0 Å². The Morgan fingerprint density at radius 3 is 2.84 bits per heavy atom. The molecule has 0 bridgehead atoms. The molecule has 1 radical (unpaired) electrons. The number of imidazole rings is 1. The van der Waals surface area contributed by atoms with E-state index in [-0.39, 0.29) is 18.2 Å². The zero-order chi connectivity index (χ0) is 22.2. The third kappa shape index (κ3) is 4.02. The summed E-state index contributed by atoms with van der Waals surface area (Å²) in [7, 11) is -0.909. The Kier molecular flexibility index (Phi) is 5.71. The van der Waals surface area contributed by atoms with Gasteiger partial charge in [0.1, 0.15) is 18.0 Å². The number of alkyl halides is 1. The summed E-state index contributed by atoms with van der Waals surface area (Å²) in [5, 5.41) is 13.3. The van der Waals surface area contributed by atoms with Crippen LogP contribution in [0.1, 0.15) is 13.2 Å². The fraction of sp³-hybridized carbons (Fsp3) is 0.389. The van der Waals surface area contributed by atoms with Crippen LogP contribution >= 0.6 is 8.25 Å². The summed E-state index contributed by atoms with van der Waals surface area (Å²) in [5.74, 6) is 0.690. The van der Waals surface area contributed by atoms with Gasteiger partial charge in [-0.15, -0.1) is 0 Å². The van der Waals surface area contributed by atoms with Crippen LogP contribution in [-0.4, -0.2) is 56.2 Å². The summed E-state index contributed by atoms with van der Waals surface area (Å²) in [5.41, 5.74) is 4.11. The number of halogens is 1. The Morgan fingerprint density at radius 2 is 2.13 bits per heavy atom. The fourth-order valence-electron chi connectivity index (χ4n) is 3.36. The van der Waals surface area contributed by atoms with E-state index in [1.165, 1.54) is 17.8 Å². The van der Waals surface area contributed by atoms with Crippen LogP contribution < -0.4 is 15.6 Å². The van der Waals surface area contributed by atoms with Crippen LogP contribution in [0.4, 0.5) is 16.2 Å². The normalized spacial score (nSPS) is 26.2. The predicted molar refractivity (Wildman–Crippen MR) is 109 cm³/mol. The number of nitrogens with two attached hydrogens (primary N) is 1. The van der Waals surface area contributed by atoms with E-state index in [1.54, 1.807) is 37.4 Å². The van der Waals surface area contributed by atoms with Crippen molar-refractivity contribution in [3.63, 3.8) is 0 Å². The van der Waals surface area contributed by atoms with Gasteiger partial charge in [-0.05, 0) is 19.1 Å². The molecule has 4 N–H and O–H groups in total. The lowest BCUT2D eigenvalue weighted by atomic mass is 9.98. The Balaban J connectivity index is 1.51. The van der Waals surface area contributed by atoms with Gasteiger partial charge in [-0.25, -0.2) is 13.9 Å². The van der Waals surface area contributed by atoms with Gasteiger partial charge in [0.15, 0.2) is 28.9 Å². The first-order valence-corrected chi connectivity index (χ1v) is 10.4. The van der Waals surface area contributed by atoms with Crippen molar-refractivity contribution in [1.29, 1.82) is 0 Å². The lowest BCUT2D eigenvalue weighted by Crippen LogP contribution is -2.40. The number of nitrogens with zero attached hydrogens (tertiary/aromatic N) is 4. The van der Waals surface area contributed by atoms with E-state index >= 15 is 4.39 Å². The van der Waals surface area contributed by atoms with Crippen molar-refractivity contribution in [3.8, 4) is 5.75 Å². The third-order valence-corrected chi connectivity index (χ3v) is 5.63. The number of hydrogen-bond donors (Lipinski definition) is 3. The number of nitrogen functional groups attached to an aromatic ring is 1. The van der Waals surface area contributed by atoms with E-state index in [0.717, 1.165) is 0 Å². The van der Waals surface area contributed by atoms with Gasteiger partial charge in [-0.1, -0.05) is 18.2 Å². The summed E-state index contributed by atoms with van der Waals surface area (Å²) in [4.78, 5) is 12.4. The lowest BCUT2D eigenvalue weighted by molar-refractivity contribution is -0.0539. The van der Waals surface area contributed by atoms with Crippen LogP contribution in [0.3, 0.4) is 0 Å². The van der Waals surface area contributed by atoms with Crippen LogP contribution in [0.2, 0.25) is 0 Å². The molecule has 1 unspecified atom stereocenters. The molecule has 1 saturated heterocycles. The first kappa shape index (κ1) is 21.3. The Hall–Kier alpha value is -2.92. The van der Waals surface area contributed by atoms with E-state index in [9.17, 15) is 9.67 Å². The molecule has 0 amide bonds. The number of ether oxygens (including phenoxy) is 1. The zero-order valence-corrected chi connectivity index (χ0v) is 17.6. The highest BCUT2D eigenvalue weighted by atomic mass is 31.1. The molecule has 2 aromatic heterocycles. The molecule has 1 aromatic carbocycles. The predicted octanol–water partition coefficient (Wildman–Crippen LogP) is 2.19. The van der Waals surface area contributed by atoms with Crippen molar-refractivity contribution in [1.82, 2.24) is 19.5 Å². The molecule has 31 heavy (non-hydrogen) atoms. The average molecular weight is 451 g/mol. The van der Waals surface area contributed by atoms with Crippen LogP contribution in [0.25, 0.3) is 11.2 Å². The van der Waals surface area contributed by atoms with Crippen molar-refractivity contribution in [2.75, 3.05) is 24.7 Å². The lowest BCUT2D eigenvalue weighted by Gasteiger charge is -2.24. The second-order valence-corrected chi connectivity index (χ2v) is 7.94. The Morgan fingerprint density at radius 1 is 1.39 bits per heavy atom. The molecule has 1 aliphatic heterocycles. The molecule has 165 valence electrons. The van der Waals surface area contributed by atoms with E-state index in [0.29, 0.717) is 17.1 Å². The number of fused-ring (bicyclic) bond motifs is 1. The quantitative estimate of drug-likeness (QED) is 0.457. The average Bonchev–Trinajstić information content (AvgIpc) is 3.25. The van der Waals surface area contributed by atoms with Gasteiger partial charge in [0.05, 0.1) is 12.9 Å². The number of aromatic nitrogens is 4. The van der Waals surface area contributed by atoms with Crippen LogP contribution in [0.5, 0.6) is 5.75 Å². The molecule has 11 nitrogen and oxygen atoms in total. The number of para-hydroxylation sites is 1. The van der Waals surface area contributed by atoms with E-state index < -0.39 is 32.4 Å². The smallest absolute Gasteiger partial charge is 0.398 e. The van der Waals surface area contributed by atoms with Crippen LogP contribution in [-0.2, 0) is 13.8 Å². The Bertz CT molecular complexity index is 1100. The summed E-state index contributed by atoms with van der Waals surface area (Å²) < 4.78 is 44.9. The van der Waals surface area contributed by atoms with Gasteiger partial charge in [0, 0.05) is 7.05 Å². The molecule has 3 aromatic rings. The first-order chi connectivity index (χ1) is 14.8. The number of aliphatic hydroxyl groups is 1. The number of nitrogens with one attached hydrogen (secondary N) is 1. The molecule has 1 fully saturated rings. The molecule has 1 aliphatic rings. The number of anilines is 2. The third-order valence-electron chi connectivity index (χ3n) is 4.91. The van der Waals surface area contributed by atoms with Crippen LogP contribution in [0.15, 0.2) is 36.7 Å². The molecule has 4 rings (SSSR count). The summed E-state index contributed by atoms with van der Waals surface area (Å²) >= 11 is 0. The van der Waals surface area contributed by atoms with Gasteiger partial charge in [-0.2, -0.15) is 9.97 Å². The van der Waals surface area contributed by atoms with E-state index in [1.807, 2.05) is 0 Å². The van der Waals surface area contributed by atoms with Gasteiger partial charge in [0.25, 0.3) is 0 Å². The van der Waals surface area contributed by atoms with E-state index in [2.05, 4.69) is 20.3 Å². The molecular formula is C18H21FN6O5P. The van der Waals surface area contributed by atoms with Gasteiger partial charge >= 0.3 is 8.25 Å². The fourth-order valence-corrected chi connectivity index (χ4v) is 3.97. The molecule has 0 spiro atoms. The minimum Gasteiger partial charge on any atom is -0.398 e. The van der Waals surface area contributed by atoms with Crippen molar-refractivity contribution in [3.05, 3.63) is 36.7 Å². The summed E-state index contributed by atoms with van der Waals surface area (Å²) in [6.45, 7) is 0.836. The van der Waals surface area contributed by atoms with Crippen molar-refractivity contribution < 1.29 is 27.8 Å². The largest absolute Gasteiger partial charge is 0.429 e. The number of rotatable bonds is 7. The topological polar surface area (TPSA) is 147 Å². The molecule has 3 heterocycles. The first-order valence-electron chi connectivity index (χ1n) is 9.34. The van der Waals surface area contributed by atoms with Crippen molar-refractivity contribution in [2.45, 2.75) is 31.0 Å². The van der Waals surface area contributed by atoms with Gasteiger partial charge < -0.3 is 25.4 Å². The highest BCUT2D eigenvalue weighted by Gasteiger charge is 2.55. The number of hydrogen-bond acceptors (Lipinski definition) is 10. The maximum Gasteiger partial charge on any atom is 0.429 e. The maximum atomic E-state index is 15.5. The monoisotopic (exact) mass is 451 g/mol. The molecule has 0 aliphatic carbocycles. The molecular weight excluding hydrogens is 430 g/mol. The standard InChI is InChI=1S/C18H21FN6O5P/c1-18(19)13(26)11(8-28-31(27)30-10-6-4-3-5-7-10)29-16(18)25-9-22-12-14(21-2)23-17(20)24-15(12)25/h3-7,9,11,13,16,26H,8H2,1-2H3,(H3,20,21,23,24)/t11-,13-,16-,18-/m1/s1. The SMILES string of the molecule is CNc1nc(N)nc2c1ncn2[C@@H]1O[C@H](CO[P](=O)Oc2ccccc2)[C@@H](O)[C@@]1(C)F. The maximum absolute atomic E-state index is 15.5. The highest BCUT2D eigenvalue weighted by Crippen LogP contribution is 2.43. The highest BCUT2D eigenvalue weighted by molar-refractivity contribution is 7.33. The second kappa shape index (κ2) is 8.31. The van der Waals surface area contributed by atoms with Gasteiger partial charge in [-0.3, -0.25) is 9.09 Å². The van der Waals surface area contributed by atoms with E-state index in [4.69, 9.17) is 19.5 Å². The molecule has 5 atom stereocenters. The minimum absolute atomic E-state index is 0.0346. The number of aliphatic hydroxyl groups excluding tert-OH is 1. The minimum atomic E-state index is -2.55. The van der Waals surface area contributed by atoms with Crippen molar-refractivity contribution >= 4 is 31.2 Å². The molecule has 13 heteroatoms. The summed E-state index contributed by atoms with van der Waals surface area (Å²) in [6, 6.07) is 8.44. The second-order valence-electron chi connectivity index (χ2n) is 7.05. The van der Waals surface area contributed by atoms with Gasteiger partial charge in [0.2, 0.25) is 5.95 Å². The molecule has 0 saturated carbocycles. The summed E-state index contributed by atoms with van der Waals surface area (Å²) in [6.07, 6.45) is -2.64. The zero-order valence-electron chi connectivity index (χ0n) is 16.7. The Labute approximate surface area is 177 Å².